The molecule has 1 N–H and O–H groups in total. The summed E-state index contributed by atoms with van der Waals surface area (Å²) in [5, 5.41) is 4.04. The summed E-state index contributed by atoms with van der Waals surface area (Å²) in [4.78, 5) is 16.4. The molecule has 2 heterocycles. The molecule has 1 aromatic carbocycles. The lowest BCUT2D eigenvalue weighted by molar-refractivity contribution is 0.102. The molecule has 108 valence electrons. The Morgan fingerprint density at radius 1 is 1.10 bits per heavy atom. The molecule has 0 fully saturated rings. The quantitative estimate of drug-likeness (QED) is 0.557. The molecular formula is C12H4Cl4N2OS2. The van der Waals surface area contributed by atoms with Gasteiger partial charge in [0.15, 0.2) is 5.13 Å². The predicted molar refractivity (Wildman–Crippen MR) is 91.9 cm³/mol. The van der Waals surface area contributed by atoms with Crippen LogP contribution in [0.15, 0.2) is 18.2 Å². The van der Waals surface area contributed by atoms with Crippen molar-refractivity contribution in [3.8, 4) is 0 Å². The average Bonchev–Trinajstić information content (AvgIpc) is 2.92. The van der Waals surface area contributed by atoms with Crippen LogP contribution < -0.4 is 5.32 Å². The number of thiophene rings is 1. The molecule has 0 bridgehead atoms. The molecule has 0 spiro atoms. The van der Waals surface area contributed by atoms with Crippen LogP contribution in [0.25, 0.3) is 10.2 Å². The first kappa shape index (κ1) is 15.3. The Hall–Kier alpha value is -0.560. The number of nitrogens with zero attached hydrogens (tertiary/aromatic N) is 1. The highest BCUT2D eigenvalue weighted by Crippen LogP contribution is 2.35. The highest BCUT2D eigenvalue weighted by atomic mass is 35.5. The Labute approximate surface area is 147 Å². The molecule has 0 aliphatic carbocycles. The van der Waals surface area contributed by atoms with E-state index in [-0.39, 0.29) is 5.91 Å². The molecule has 0 saturated carbocycles. The van der Waals surface area contributed by atoms with E-state index in [0.717, 1.165) is 16.0 Å². The molecule has 9 heteroatoms. The number of benzene rings is 1. The summed E-state index contributed by atoms with van der Waals surface area (Å²) in [6.07, 6.45) is 0. The van der Waals surface area contributed by atoms with Crippen molar-refractivity contribution in [2.24, 2.45) is 0 Å². The van der Waals surface area contributed by atoms with E-state index in [1.165, 1.54) is 17.4 Å². The van der Waals surface area contributed by atoms with Crippen LogP contribution in [0.3, 0.4) is 0 Å². The summed E-state index contributed by atoms with van der Waals surface area (Å²) in [7, 11) is 0. The van der Waals surface area contributed by atoms with Gasteiger partial charge >= 0.3 is 0 Å². The highest BCUT2D eigenvalue weighted by molar-refractivity contribution is 7.22. The van der Waals surface area contributed by atoms with E-state index in [1.807, 2.05) is 0 Å². The minimum atomic E-state index is -0.371. The Balaban J connectivity index is 1.93. The molecule has 21 heavy (non-hydrogen) atoms. The third-order valence-electron chi connectivity index (χ3n) is 2.53. The fourth-order valence-corrected chi connectivity index (χ4v) is 4.71. The minimum absolute atomic E-state index is 0.315. The SMILES string of the molecule is O=C(Nc1nc2c(Cl)cc(Cl)cc2s1)c1cc(Cl)sc1Cl. The van der Waals surface area contributed by atoms with E-state index in [9.17, 15) is 4.79 Å². The molecule has 0 aliphatic rings. The van der Waals surface area contributed by atoms with Crippen molar-refractivity contribution in [2.45, 2.75) is 0 Å². The van der Waals surface area contributed by atoms with Crippen LogP contribution in [0.4, 0.5) is 5.13 Å². The van der Waals surface area contributed by atoms with Gasteiger partial charge in [-0.2, -0.15) is 0 Å². The second-order valence-corrected chi connectivity index (χ2v) is 8.11. The van der Waals surface area contributed by atoms with Crippen molar-refractivity contribution >= 4 is 90.3 Å². The molecule has 2 aromatic heterocycles. The zero-order chi connectivity index (χ0) is 15.1. The Bertz CT molecular complexity index is 858. The van der Waals surface area contributed by atoms with Crippen molar-refractivity contribution in [1.29, 1.82) is 0 Å². The maximum Gasteiger partial charge on any atom is 0.259 e. The van der Waals surface area contributed by atoms with Crippen molar-refractivity contribution < 1.29 is 4.79 Å². The monoisotopic (exact) mass is 396 g/mol. The number of amides is 1. The number of carbonyl (C=O) groups excluding carboxylic acids is 1. The predicted octanol–water partition coefficient (Wildman–Crippen LogP) is 6.22. The van der Waals surface area contributed by atoms with Crippen LogP contribution in [-0.4, -0.2) is 10.9 Å². The smallest absolute Gasteiger partial charge is 0.259 e. The van der Waals surface area contributed by atoms with Gasteiger partial charge in [0.1, 0.15) is 9.85 Å². The normalized spacial score (nSPS) is 11.0. The first-order chi connectivity index (χ1) is 9.94. The average molecular weight is 398 g/mol. The maximum atomic E-state index is 12.1. The lowest BCUT2D eigenvalue weighted by Gasteiger charge is -1.98. The van der Waals surface area contributed by atoms with Gasteiger partial charge in [-0.1, -0.05) is 57.7 Å². The van der Waals surface area contributed by atoms with Crippen molar-refractivity contribution in [3.63, 3.8) is 0 Å². The number of carbonyl (C=O) groups is 1. The Morgan fingerprint density at radius 3 is 2.52 bits per heavy atom. The zero-order valence-electron chi connectivity index (χ0n) is 9.92. The molecule has 3 rings (SSSR count). The van der Waals surface area contributed by atoms with Gasteiger partial charge in [0.05, 0.1) is 19.6 Å². The molecule has 1 amide bonds. The van der Waals surface area contributed by atoms with E-state index < -0.39 is 0 Å². The highest BCUT2D eigenvalue weighted by Gasteiger charge is 2.17. The topological polar surface area (TPSA) is 42.0 Å². The molecule has 0 saturated heterocycles. The van der Waals surface area contributed by atoms with E-state index in [0.29, 0.717) is 34.9 Å². The van der Waals surface area contributed by atoms with Crippen LogP contribution in [0.5, 0.6) is 0 Å². The fourth-order valence-electron chi connectivity index (χ4n) is 1.67. The van der Waals surface area contributed by atoms with Gasteiger partial charge in [-0.3, -0.25) is 10.1 Å². The van der Waals surface area contributed by atoms with Gasteiger partial charge in [-0.05, 0) is 18.2 Å². The molecule has 0 radical (unpaired) electrons. The zero-order valence-corrected chi connectivity index (χ0v) is 14.6. The van der Waals surface area contributed by atoms with Crippen LogP contribution in [0, 0.1) is 0 Å². The fraction of sp³-hybridized carbons (Fsp3) is 0. The van der Waals surface area contributed by atoms with Gasteiger partial charge < -0.3 is 0 Å². The number of nitrogens with one attached hydrogen (secondary N) is 1. The van der Waals surface area contributed by atoms with Gasteiger partial charge in [0.25, 0.3) is 5.91 Å². The second-order valence-electron chi connectivity index (χ2n) is 3.95. The number of thiazole rings is 1. The molecule has 0 atom stereocenters. The number of fused-ring (bicyclic) bond motifs is 1. The van der Waals surface area contributed by atoms with Gasteiger partial charge in [0.2, 0.25) is 0 Å². The van der Waals surface area contributed by atoms with E-state index in [1.54, 1.807) is 12.1 Å². The minimum Gasteiger partial charge on any atom is -0.298 e. The summed E-state index contributed by atoms with van der Waals surface area (Å²) in [5.41, 5.74) is 0.908. The molecule has 0 unspecified atom stereocenters. The van der Waals surface area contributed by atoms with E-state index in [4.69, 9.17) is 46.4 Å². The number of halogens is 4. The van der Waals surface area contributed by atoms with Gasteiger partial charge in [-0.15, -0.1) is 11.3 Å². The number of hydrogen-bond acceptors (Lipinski definition) is 4. The van der Waals surface area contributed by atoms with E-state index in [2.05, 4.69) is 10.3 Å². The number of aromatic nitrogens is 1. The number of anilines is 1. The summed E-state index contributed by atoms with van der Waals surface area (Å²) < 4.78 is 1.57. The van der Waals surface area contributed by atoms with Crippen LogP contribution in [0.1, 0.15) is 10.4 Å². The van der Waals surface area contributed by atoms with Crippen LogP contribution in [0.2, 0.25) is 18.7 Å². The first-order valence-electron chi connectivity index (χ1n) is 5.46. The number of rotatable bonds is 2. The Morgan fingerprint density at radius 2 is 1.86 bits per heavy atom. The summed E-state index contributed by atoms with van der Waals surface area (Å²) in [5.74, 6) is -0.371. The first-order valence-corrected chi connectivity index (χ1v) is 8.60. The Kier molecular flexibility index (Phi) is 4.32. The lowest BCUT2D eigenvalue weighted by atomic mass is 10.3. The summed E-state index contributed by atoms with van der Waals surface area (Å²) in [6, 6.07) is 4.86. The van der Waals surface area contributed by atoms with Gasteiger partial charge in [0, 0.05) is 5.02 Å². The number of hydrogen-bond donors (Lipinski definition) is 1. The summed E-state index contributed by atoms with van der Waals surface area (Å²) >= 11 is 26.2. The van der Waals surface area contributed by atoms with Crippen molar-refractivity contribution in [3.05, 3.63) is 42.5 Å². The van der Waals surface area contributed by atoms with Crippen LogP contribution in [-0.2, 0) is 0 Å². The lowest BCUT2D eigenvalue weighted by Crippen LogP contribution is -2.10. The van der Waals surface area contributed by atoms with Crippen molar-refractivity contribution in [2.75, 3.05) is 5.32 Å². The standard InChI is InChI=1S/C12H4Cl4N2OS2/c13-4-1-6(14)9-7(2-4)20-12(17-9)18-11(19)5-3-8(15)21-10(5)16/h1-3H,(H,17,18,19). The maximum absolute atomic E-state index is 12.1. The third kappa shape index (κ3) is 3.13. The summed E-state index contributed by atoms with van der Waals surface area (Å²) in [6.45, 7) is 0. The second kappa shape index (κ2) is 5.91. The van der Waals surface area contributed by atoms with Crippen LogP contribution >= 0.6 is 69.1 Å². The molecular weight excluding hydrogens is 394 g/mol. The van der Waals surface area contributed by atoms with Crippen molar-refractivity contribution in [1.82, 2.24) is 4.98 Å². The largest absolute Gasteiger partial charge is 0.298 e. The van der Waals surface area contributed by atoms with E-state index >= 15 is 0 Å². The third-order valence-corrected chi connectivity index (χ3v) is 5.45. The van der Waals surface area contributed by atoms with Gasteiger partial charge in [-0.25, -0.2) is 4.98 Å². The molecule has 0 aliphatic heterocycles. The molecule has 3 aromatic rings. The molecule has 3 nitrogen and oxygen atoms in total.